The van der Waals surface area contributed by atoms with Gasteiger partial charge in [0.1, 0.15) is 5.65 Å². The Balaban J connectivity index is 1.20. The topological polar surface area (TPSA) is 61.4 Å². The SMILES string of the molecule is c1ccc(-n2c3ccc(-c4ccc5c6ccccc6n(-c6cc(-c7ccccn7)nc(-c7ccccn7)c6)c5c4)cc3c3cccnc32)cc1. The highest BCUT2D eigenvalue weighted by Gasteiger charge is 2.18. The first-order valence-electron chi connectivity index (χ1n) is 16.6. The third kappa shape index (κ3) is 4.50. The first-order chi connectivity index (χ1) is 24.8. The lowest BCUT2D eigenvalue weighted by molar-refractivity contribution is 1.14. The van der Waals surface area contributed by atoms with Crippen molar-refractivity contribution in [2.75, 3.05) is 0 Å². The molecular formula is C44H28N6. The van der Waals surface area contributed by atoms with Gasteiger partial charge in [-0.25, -0.2) is 9.97 Å². The van der Waals surface area contributed by atoms with Gasteiger partial charge in [-0.1, -0.05) is 66.7 Å². The summed E-state index contributed by atoms with van der Waals surface area (Å²) in [6, 6.07) is 52.9. The van der Waals surface area contributed by atoms with E-state index in [-0.39, 0.29) is 0 Å². The van der Waals surface area contributed by atoms with E-state index in [1.54, 1.807) is 12.4 Å². The molecule has 0 unspecified atom stereocenters. The van der Waals surface area contributed by atoms with Gasteiger partial charge in [-0.15, -0.1) is 0 Å². The van der Waals surface area contributed by atoms with Crippen molar-refractivity contribution < 1.29 is 0 Å². The van der Waals surface area contributed by atoms with E-state index < -0.39 is 0 Å². The Hall–Kier alpha value is -6.92. The average Bonchev–Trinajstić information content (AvgIpc) is 3.71. The first kappa shape index (κ1) is 28.1. The fourth-order valence-corrected chi connectivity index (χ4v) is 7.23. The molecule has 0 aliphatic heterocycles. The lowest BCUT2D eigenvalue weighted by Gasteiger charge is -2.13. The molecule has 6 heteroatoms. The lowest BCUT2D eigenvalue weighted by Crippen LogP contribution is -1.99. The van der Waals surface area contributed by atoms with Crippen LogP contribution in [-0.2, 0) is 0 Å². The van der Waals surface area contributed by atoms with E-state index in [4.69, 9.17) is 9.97 Å². The molecule has 0 saturated carbocycles. The number of rotatable bonds is 5. The van der Waals surface area contributed by atoms with Crippen LogP contribution >= 0.6 is 0 Å². The Morgan fingerprint density at radius 3 is 1.72 bits per heavy atom. The highest BCUT2D eigenvalue weighted by atomic mass is 15.0. The number of hydrogen-bond acceptors (Lipinski definition) is 4. The molecule has 6 heterocycles. The number of aromatic nitrogens is 6. The minimum absolute atomic E-state index is 0.791. The van der Waals surface area contributed by atoms with Crippen LogP contribution in [0.15, 0.2) is 170 Å². The molecule has 0 bridgehead atoms. The van der Waals surface area contributed by atoms with Crippen molar-refractivity contribution in [3.8, 4) is 45.3 Å². The van der Waals surface area contributed by atoms with Crippen molar-refractivity contribution in [3.63, 3.8) is 0 Å². The second-order valence-electron chi connectivity index (χ2n) is 12.4. The van der Waals surface area contributed by atoms with Crippen molar-refractivity contribution in [3.05, 3.63) is 170 Å². The van der Waals surface area contributed by atoms with Crippen LogP contribution in [0.1, 0.15) is 0 Å². The highest BCUT2D eigenvalue weighted by molar-refractivity contribution is 6.12. The predicted octanol–water partition coefficient (Wildman–Crippen LogP) is 10.5. The average molecular weight is 641 g/mol. The fraction of sp³-hybridized carbons (Fsp3) is 0. The van der Waals surface area contributed by atoms with E-state index in [1.165, 1.54) is 16.2 Å². The third-order valence-electron chi connectivity index (χ3n) is 9.47. The zero-order valence-corrected chi connectivity index (χ0v) is 26.8. The van der Waals surface area contributed by atoms with Gasteiger partial charge in [0.05, 0.1) is 45.0 Å². The number of hydrogen-bond donors (Lipinski definition) is 0. The Morgan fingerprint density at radius 1 is 0.340 bits per heavy atom. The maximum atomic E-state index is 5.04. The van der Waals surface area contributed by atoms with Crippen molar-refractivity contribution in [1.29, 1.82) is 0 Å². The van der Waals surface area contributed by atoms with E-state index in [2.05, 4.69) is 122 Å². The molecule has 6 aromatic heterocycles. The van der Waals surface area contributed by atoms with Crippen LogP contribution in [0.4, 0.5) is 0 Å². The van der Waals surface area contributed by atoms with Crippen molar-refractivity contribution in [2.24, 2.45) is 0 Å². The number of benzene rings is 4. The molecule has 0 amide bonds. The molecule has 0 aliphatic rings. The molecule has 0 atom stereocenters. The van der Waals surface area contributed by atoms with Gasteiger partial charge in [0.2, 0.25) is 0 Å². The Kier molecular flexibility index (Phi) is 6.39. The summed E-state index contributed by atoms with van der Waals surface area (Å²) in [6.45, 7) is 0. The molecule has 50 heavy (non-hydrogen) atoms. The van der Waals surface area contributed by atoms with Gasteiger partial charge in [0, 0.05) is 45.8 Å². The molecule has 0 aliphatic carbocycles. The smallest absolute Gasteiger partial charge is 0.145 e. The van der Waals surface area contributed by atoms with E-state index in [0.29, 0.717) is 0 Å². The first-order valence-corrected chi connectivity index (χ1v) is 16.6. The summed E-state index contributed by atoms with van der Waals surface area (Å²) in [6.07, 6.45) is 5.48. The maximum Gasteiger partial charge on any atom is 0.145 e. The van der Waals surface area contributed by atoms with Gasteiger partial charge >= 0.3 is 0 Å². The number of pyridine rings is 4. The predicted molar refractivity (Wildman–Crippen MR) is 203 cm³/mol. The minimum Gasteiger partial charge on any atom is -0.309 e. The van der Waals surface area contributed by atoms with E-state index in [0.717, 1.165) is 72.9 Å². The third-order valence-corrected chi connectivity index (χ3v) is 9.47. The summed E-state index contributed by atoms with van der Waals surface area (Å²) < 4.78 is 4.59. The molecule has 0 fully saturated rings. The minimum atomic E-state index is 0.791. The summed E-state index contributed by atoms with van der Waals surface area (Å²) in [7, 11) is 0. The summed E-state index contributed by atoms with van der Waals surface area (Å²) in [4.78, 5) is 19.2. The molecule has 10 aromatic rings. The molecule has 4 aromatic carbocycles. The zero-order chi connectivity index (χ0) is 33.0. The second kappa shape index (κ2) is 11.4. The van der Waals surface area contributed by atoms with E-state index in [9.17, 15) is 0 Å². The normalized spacial score (nSPS) is 11.6. The van der Waals surface area contributed by atoms with Crippen LogP contribution in [0.25, 0.3) is 89.0 Å². The fourth-order valence-electron chi connectivity index (χ4n) is 7.23. The Morgan fingerprint density at radius 2 is 0.960 bits per heavy atom. The standard InChI is InChI=1S/C44H28N6/c1-2-11-31(12-3-1)50-42-21-19-29(25-36(42)35-14-10-24-47-44(35)50)30-18-20-34-33-13-4-5-17-41(33)49(43(34)26-30)32-27-39(37-15-6-8-22-45-37)48-40(28-32)38-16-7-9-23-46-38/h1-28H. The number of para-hydroxylation sites is 2. The molecule has 0 saturated heterocycles. The Bertz CT molecular complexity index is 2800. The zero-order valence-electron chi connectivity index (χ0n) is 26.8. The molecule has 0 radical (unpaired) electrons. The van der Waals surface area contributed by atoms with Crippen LogP contribution in [0.2, 0.25) is 0 Å². The van der Waals surface area contributed by atoms with E-state index in [1.807, 2.05) is 54.7 Å². The second-order valence-corrected chi connectivity index (χ2v) is 12.4. The quantitative estimate of drug-likeness (QED) is 0.188. The molecule has 234 valence electrons. The van der Waals surface area contributed by atoms with Gasteiger partial charge < -0.3 is 4.57 Å². The molecule has 0 spiro atoms. The van der Waals surface area contributed by atoms with Crippen LogP contribution in [0, 0.1) is 0 Å². The van der Waals surface area contributed by atoms with Crippen molar-refractivity contribution in [1.82, 2.24) is 29.1 Å². The maximum absolute atomic E-state index is 5.04. The van der Waals surface area contributed by atoms with Crippen LogP contribution < -0.4 is 0 Å². The monoisotopic (exact) mass is 640 g/mol. The van der Waals surface area contributed by atoms with Gasteiger partial charge in [-0.3, -0.25) is 14.5 Å². The summed E-state index contributed by atoms with van der Waals surface area (Å²) in [5, 5.41) is 4.68. The molecule has 10 rings (SSSR count). The molecule has 6 nitrogen and oxygen atoms in total. The van der Waals surface area contributed by atoms with Crippen molar-refractivity contribution >= 4 is 43.7 Å². The molecule has 0 N–H and O–H groups in total. The van der Waals surface area contributed by atoms with Gasteiger partial charge in [0.25, 0.3) is 0 Å². The van der Waals surface area contributed by atoms with Crippen LogP contribution in [0.3, 0.4) is 0 Å². The van der Waals surface area contributed by atoms with Crippen LogP contribution in [0.5, 0.6) is 0 Å². The van der Waals surface area contributed by atoms with Crippen molar-refractivity contribution in [2.45, 2.75) is 0 Å². The van der Waals surface area contributed by atoms with Gasteiger partial charge in [-0.05, 0) is 96.1 Å². The highest BCUT2D eigenvalue weighted by Crippen LogP contribution is 2.38. The molecular weight excluding hydrogens is 613 g/mol. The summed E-state index contributed by atoms with van der Waals surface area (Å²) >= 11 is 0. The van der Waals surface area contributed by atoms with Gasteiger partial charge in [-0.2, -0.15) is 0 Å². The Labute approximate surface area is 287 Å². The lowest BCUT2D eigenvalue weighted by atomic mass is 10.0. The van der Waals surface area contributed by atoms with Gasteiger partial charge in [0.15, 0.2) is 0 Å². The number of fused-ring (bicyclic) bond motifs is 6. The largest absolute Gasteiger partial charge is 0.309 e. The van der Waals surface area contributed by atoms with E-state index >= 15 is 0 Å². The summed E-state index contributed by atoms with van der Waals surface area (Å²) in [5.74, 6) is 0. The summed E-state index contributed by atoms with van der Waals surface area (Å²) in [5.41, 5.74) is 11.9. The van der Waals surface area contributed by atoms with Crippen LogP contribution in [-0.4, -0.2) is 29.1 Å². The number of nitrogens with zero attached hydrogens (tertiary/aromatic N) is 6.